The molecule has 0 saturated carbocycles. The smallest absolute Gasteiger partial charge is 0.274 e. The highest BCUT2D eigenvalue weighted by molar-refractivity contribution is 6.04. The van der Waals surface area contributed by atoms with E-state index in [1.165, 1.54) is 0 Å². The van der Waals surface area contributed by atoms with Crippen molar-refractivity contribution >= 4 is 17.3 Å². The Morgan fingerprint density at radius 1 is 1.09 bits per heavy atom. The van der Waals surface area contributed by atoms with E-state index in [1.807, 2.05) is 37.3 Å². The number of carbonyl (C=O) groups excluding carboxylic acids is 1. The van der Waals surface area contributed by atoms with E-state index in [2.05, 4.69) is 25.6 Å². The zero-order chi connectivity index (χ0) is 16.2. The van der Waals surface area contributed by atoms with Crippen LogP contribution in [0.1, 0.15) is 16.2 Å². The van der Waals surface area contributed by atoms with E-state index in [0.717, 1.165) is 22.8 Å². The molecular weight excluding hydrogens is 290 g/mol. The average Bonchev–Trinajstić information content (AvgIpc) is 3.01. The van der Waals surface area contributed by atoms with Gasteiger partial charge in [-0.15, -0.1) is 0 Å². The molecule has 0 spiro atoms. The van der Waals surface area contributed by atoms with Gasteiger partial charge in [0.05, 0.1) is 17.6 Å². The van der Waals surface area contributed by atoms with Crippen LogP contribution in [0.2, 0.25) is 0 Å². The standard InChI is InChI=1S/C17H17N5O/c1-11-9-20-16(21-11)13-5-3-4-6-14(13)22-17(23)15-8-7-12(18-2)10-19-15/h3-10,18H,1-2H3,(H,20,21)(H,22,23). The second-order valence-corrected chi connectivity index (χ2v) is 5.10. The predicted molar refractivity (Wildman–Crippen MR) is 90.5 cm³/mol. The molecule has 0 fully saturated rings. The van der Waals surface area contributed by atoms with Gasteiger partial charge in [0.25, 0.3) is 5.91 Å². The molecule has 6 nitrogen and oxygen atoms in total. The number of pyridine rings is 1. The molecule has 0 unspecified atom stereocenters. The van der Waals surface area contributed by atoms with E-state index in [-0.39, 0.29) is 5.91 Å². The molecule has 3 aromatic rings. The molecule has 2 heterocycles. The van der Waals surface area contributed by atoms with Crippen molar-refractivity contribution in [3.63, 3.8) is 0 Å². The Labute approximate surface area is 134 Å². The lowest BCUT2D eigenvalue weighted by molar-refractivity contribution is 0.102. The fraction of sp³-hybridized carbons (Fsp3) is 0.118. The van der Waals surface area contributed by atoms with Gasteiger partial charge in [0.1, 0.15) is 11.5 Å². The lowest BCUT2D eigenvalue weighted by Gasteiger charge is -2.09. The van der Waals surface area contributed by atoms with Gasteiger partial charge in [0.2, 0.25) is 0 Å². The zero-order valence-electron chi connectivity index (χ0n) is 12.9. The molecule has 3 N–H and O–H groups in total. The molecule has 3 rings (SSSR count). The van der Waals surface area contributed by atoms with Crippen molar-refractivity contribution in [3.8, 4) is 11.4 Å². The van der Waals surface area contributed by atoms with Crippen LogP contribution >= 0.6 is 0 Å². The number of amides is 1. The Balaban J connectivity index is 1.86. The van der Waals surface area contributed by atoms with Gasteiger partial charge in [0, 0.05) is 24.5 Å². The Kier molecular flexibility index (Phi) is 4.05. The number of nitrogens with one attached hydrogen (secondary N) is 3. The number of anilines is 2. The number of para-hydroxylation sites is 1. The Morgan fingerprint density at radius 2 is 1.91 bits per heavy atom. The van der Waals surface area contributed by atoms with E-state index in [0.29, 0.717) is 11.4 Å². The summed E-state index contributed by atoms with van der Waals surface area (Å²) in [6.45, 7) is 1.94. The molecule has 116 valence electrons. The highest BCUT2D eigenvalue weighted by atomic mass is 16.1. The highest BCUT2D eigenvalue weighted by Gasteiger charge is 2.12. The normalized spacial score (nSPS) is 10.3. The molecule has 0 aliphatic carbocycles. The number of rotatable bonds is 4. The number of aryl methyl sites for hydroxylation is 1. The monoisotopic (exact) mass is 307 g/mol. The van der Waals surface area contributed by atoms with Crippen molar-refractivity contribution < 1.29 is 4.79 Å². The van der Waals surface area contributed by atoms with Crippen LogP contribution in [0.15, 0.2) is 48.8 Å². The first-order valence-corrected chi connectivity index (χ1v) is 7.23. The van der Waals surface area contributed by atoms with Gasteiger partial charge in [-0.2, -0.15) is 0 Å². The number of carbonyl (C=O) groups is 1. The van der Waals surface area contributed by atoms with E-state index in [1.54, 1.807) is 25.5 Å². The van der Waals surface area contributed by atoms with Crippen LogP contribution in [-0.2, 0) is 0 Å². The van der Waals surface area contributed by atoms with Gasteiger partial charge >= 0.3 is 0 Å². The molecule has 1 aromatic carbocycles. The van der Waals surface area contributed by atoms with Crippen molar-refractivity contribution in [3.05, 3.63) is 60.2 Å². The van der Waals surface area contributed by atoms with Gasteiger partial charge in [0.15, 0.2) is 0 Å². The summed E-state index contributed by atoms with van der Waals surface area (Å²) in [7, 11) is 1.80. The summed E-state index contributed by atoms with van der Waals surface area (Å²) in [5, 5.41) is 5.86. The SMILES string of the molecule is CNc1ccc(C(=O)Nc2ccccc2-c2ncc(C)[nH]2)nc1. The first-order valence-electron chi connectivity index (χ1n) is 7.23. The molecule has 0 aliphatic rings. The molecule has 0 atom stereocenters. The topological polar surface area (TPSA) is 82.7 Å². The van der Waals surface area contributed by atoms with Gasteiger partial charge < -0.3 is 15.6 Å². The summed E-state index contributed by atoms with van der Waals surface area (Å²) in [4.78, 5) is 24.0. The van der Waals surface area contributed by atoms with Crippen LogP contribution in [0.4, 0.5) is 11.4 Å². The summed E-state index contributed by atoms with van der Waals surface area (Å²) in [6.07, 6.45) is 3.38. The minimum Gasteiger partial charge on any atom is -0.387 e. The van der Waals surface area contributed by atoms with E-state index in [4.69, 9.17) is 0 Å². The largest absolute Gasteiger partial charge is 0.387 e. The third-order valence-electron chi connectivity index (χ3n) is 3.42. The molecule has 6 heteroatoms. The number of hydrogen-bond acceptors (Lipinski definition) is 4. The first-order chi connectivity index (χ1) is 11.2. The number of hydrogen-bond donors (Lipinski definition) is 3. The van der Waals surface area contributed by atoms with E-state index in [9.17, 15) is 4.79 Å². The van der Waals surface area contributed by atoms with Crippen LogP contribution in [0, 0.1) is 6.92 Å². The number of aromatic nitrogens is 3. The van der Waals surface area contributed by atoms with Crippen molar-refractivity contribution in [1.82, 2.24) is 15.0 Å². The molecule has 0 radical (unpaired) electrons. The summed E-state index contributed by atoms with van der Waals surface area (Å²) >= 11 is 0. The minimum absolute atomic E-state index is 0.261. The third-order valence-corrected chi connectivity index (χ3v) is 3.42. The Morgan fingerprint density at radius 3 is 2.57 bits per heavy atom. The maximum absolute atomic E-state index is 12.4. The summed E-state index contributed by atoms with van der Waals surface area (Å²) < 4.78 is 0. The number of nitrogens with zero attached hydrogens (tertiary/aromatic N) is 2. The molecule has 0 bridgehead atoms. The van der Waals surface area contributed by atoms with Crippen molar-refractivity contribution in [1.29, 1.82) is 0 Å². The number of benzene rings is 1. The lowest BCUT2D eigenvalue weighted by atomic mass is 10.1. The van der Waals surface area contributed by atoms with Gasteiger partial charge in [-0.1, -0.05) is 12.1 Å². The summed E-state index contributed by atoms with van der Waals surface area (Å²) in [5.41, 5.74) is 3.69. The Hall–Kier alpha value is -3.15. The maximum atomic E-state index is 12.4. The molecule has 2 aromatic heterocycles. The van der Waals surface area contributed by atoms with Crippen molar-refractivity contribution in [2.45, 2.75) is 6.92 Å². The second kappa shape index (κ2) is 6.31. The van der Waals surface area contributed by atoms with E-state index < -0.39 is 0 Å². The van der Waals surface area contributed by atoms with Crippen LogP contribution < -0.4 is 10.6 Å². The highest BCUT2D eigenvalue weighted by Crippen LogP contribution is 2.25. The van der Waals surface area contributed by atoms with Crippen molar-refractivity contribution in [2.75, 3.05) is 17.7 Å². The molecule has 1 amide bonds. The molecule has 0 saturated heterocycles. The fourth-order valence-electron chi connectivity index (χ4n) is 2.21. The summed E-state index contributed by atoms with van der Waals surface area (Å²) in [6, 6.07) is 11.0. The first kappa shape index (κ1) is 14.8. The van der Waals surface area contributed by atoms with Crippen LogP contribution in [0.5, 0.6) is 0 Å². The fourth-order valence-corrected chi connectivity index (χ4v) is 2.21. The summed E-state index contributed by atoms with van der Waals surface area (Å²) in [5.74, 6) is 0.459. The van der Waals surface area contributed by atoms with Crippen LogP contribution in [-0.4, -0.2) is 27.9 Å². The number of H-pyrrole nitrogens is 1. The van der Waals surface area contributed by atoms with Gasteiger partial charge in [-0.05, 0) is 31.2 Å². The molecular formula is C17H17N5O. The molecule has 23 heavy (non-hydrogen) atoms. The zero-order valence-corrected chi connectivity index (χ0v) is 12.9. The van der Waals surface area contributed by atoms with E-state index >= 15 is 0 Å². The number of aromatic amines is 1. The van der Waals surface area contributed by atoms with Gasteiger partial charge in [-0.25, -0.2) is 9.97 Å². The minimum atomic E-state index is -0.261. The third kappa shape index (κ3) is 3.21. The maximum Gasteiger partial charge on any atom is 0.274 e. The lowest BCUT2D eigenvalue weighted by Crippen LogP contribution is -2.14. The Bertz CT molecular complexity index is 823. The predicted octanol–water partition coefficient (Wildman–Crippen LogP) is 3.07. The second-order valence-electron chi connectivity index (χ2n) is 5.10. The van der Waals surface area contributed by atoms with Crippen LogP contribution in [0.25, 0.3) is 11.4 Å². The van der Waals surface area contributed by atoms with Crippen molar-refractivity contribution in [2.24, 2.45) is 0 Å². The van der Waals surface area contributed by atoms with Crippen LogP contribution in [0.3, 0.4) is 0 Å². The number of imidazole rings is 1. The molecule has 0 aliphatic heterocycles. The quantitative estimate of drug-likeness (QED) is 0.692. The van der Waals surface area contributed by atoms with Gasteiger partial charge in [-0.3, -0.25) is 4.79 Å². The average molecular weight is 307 g/mol.